The van der Waals surface area contributed by atoms with E-state index in [2.05, 4.69) is 10.1 Å². The number of benzene rings is 2. The lowest BCUT2D eigenvalue weighted by molar-refractivity contribution is 0.0613. The van der Waals surface area contributed by atoms with Crippen molar-refractivity contribution in [1.82, 2.24) is 14.5 Å². The fourth-order valence-corrected chi connectivity index (χ4v) is 4.44. The van der Waals surface area contributed by atoms with E-state index < -0.39 is 23.5 Å². The number of oxime groups is 1. The molecule has 0 N–H and O–H groups in total. The van der Waals surface area contributed by atoms with Gasteiger partial charge in [0.1, 0.15) is 12.4 Å². The third-order valence-corrected chi connectivity index (χ3v) is 6.14. The molecule has 0 fully saturated rings. The summed E-state index contributed by atoms with van der Waals surface area (Å²) in [5.41, 5.74) is 4.10. The van der Waals surface area contributed by atoms with Crippen molar-refractivity contribution in [2.45, 2.75) is 25.8 Å². The minimum Gasteiger partial charge on any atom is -0.495 e. The van der Waals surface area contributed by atoms with E-state index in [0.29, 0.717) is 23.7 Å². The highest BCUT2D eigenvalue weighted by atomic mass is 19.2. The van der Waals surface area contributed by atoms with Crippen molar-refractivity contribution in [2.75, 3.05) is 20.3 Å². The number of methoxy groups -OCH3 is 1. The molecule has 3 aromatic rings. The Labute approximate surface area is 194 Å². The highest BCUT2D eigenvalue weighted by Crippen LogP contribution is 2.34. The van der Waals surface area contributed by atoms with E-state index >= 15 is 0 Å². The Morgan fingerprint density at radius 3 is 2.62 bits per heavy atom. The summed E-state index contributed by atoms with van der Waals surface area (Å²) in [6, 6.07) is 7.53. The van der Waals surface area contributed by atoms with Crippen molar-refractivity contribution >= 4 is 11.4 Å². The number of imidazole rings is 1. The second kappa shape index (κ2) is 8.89. The monoisotopic (exact) mass is 468 g/mol. The van der Waals surface area contributed by atoms with Gasteiger partial charge in [-0.2, -0.15) is 0 Å². The summed E-state index contributed by atoms with van der Waals surface area (Å²) in [7, 11) is 1.63. The number of allylic oxidation sites excluding steroid dienone is 1. The van der Waals surface area contributed by atoms with Crippen LogP contribution in [0.15, 0.2) is 54.1 Å². The number of aromatic nitrogens is 2. The highest BCUT2D eigenvalue weighted by molar-refractivity contribution is 6.00. The van der Waals surface area contributed by atoms with E-state index in [1.165, 1.54) is 0 Å². The maximum absolute atomic E-state index is 13.9. The molecule has 5 rings (SSSR count). The fraction of sp³-hybridized carbons (Fsp3) is 0.280. The van der Waals surface area contributed by atoms with Crippen LogP contribution in [0.3, 0.4) is 0 Å². The summed E-state index contributed by atoms with van der Waals surface area (Å²) in [4.78, 5) is 11.6. The summed E-state index contributed by atoms with van der Waals surface area (Å²) in [6.45, 7) is 2.65. The van der Waals surface area contributed by atoms with Gasteiger partial charge < -0.3 is 19.0 Å². The molecule has 2 aliphatic rings. The lowest BCUT2D eigenvalue weighted by Crippen LogP contribution is -2.39. The van der Waals surface area contributed by atoms with Gasteiger partial charge in [-0.25, -0.2) is 18.2 Å². The van der Waals surface area contributed by atoms with Crippen molar-refractivity contribution in [3.8, 4) is 11.4 Å². The van der Waals surface area contributed by atoms with Crippen LogP contribution in [0.4, 0.5) is 13.2 Å². The van der Waals surface area contributed by atoms with E-state index in [-0.39, 0.29) is 6.61 Å². The largest absolute Gasteiger partial charge is 0.495 e. The number of rotatable bonds is 4. The second-order valence-corrected chi connectivity index (χ2v) is 8.34. The van der Waals surface area contributed by atoms with Crippen LogP contribution >= 0.6 is 0 Å². The molecule has 0 aliphatic carbocycles. The first-order valence-electron chi connectivity index (χ1n) is 11.0. The predicted molar refractivity (Wildman–Crippen MR) is 121 cm³/mol. The van der Waals surface area contributed by atoms with Crippen molar-refractivity contribution in [3.63, 3.8) is 0 Å². The molecule has 0 saturated carbocycles. The van der Waals surface area contributed by atoms with Gasteiger partial charge in [0, 0.05) is 12.7 Å². The minimum absolute atomic E-state index is 0.115. The Morgan fingerprint density at radius 1 is 1.12 bits per heavy atom. The van der Waals surface area contributed by atoms with Crippen LogP contribution < -0.4 is 4.74 Å². The number of ether oxygens (including phenoxy) is 1. The third kappa shape index (κ3) is 4.02. The quantitative estimate of drug-likeness (QED) is 0.496. The van der Waals surface area contributed by atoms with Crippen molar-refractivity contribution < 1.29 is 22.7 Å². The first-order chi connectivity index (χ1) is 16.4. The molecule has 9 heteroatoms. The highest BCUT2D eigenvalue weighted by Gasteiger charge is 2.31. The van der Waals surface area contributed by atoms with Crippen LogP contribution in [0.1, 0.15) is 35.7 Å². The van der Waals surface area contributed by atoms with Gasteiger partial charge in [-0.1, -0.05) is 11.2 Å². The van der Waals surface area contributed by atoms with Gasteiger partial charge in [-0.05, 0) is 66.8 Å². The molecule has 0 bridgehead atoms. The van der Waals surface area contributed by atoms with E-state index in [4.69, 9.17) is 9.57 Å². The molecular formula is C25H23F3N4O2. The summed E-state index contributed by atoms with van der Waals surface area (Å²) in [5, 5.41) is 4.20. The maximum Gasteiger partial charge on any atom is 0.194 e. The van der Waals surface area contributed by atoms with E-state index in [0.717, 1.165) is 47.5 Å². The Morgan fingerprint density at radius 2 is 1.91 bits per heavy atom. The fourth-order valence-electron chi connectivity index (χ4n) is 4.44. The molecule has 3 heterocycles. The molecule has 34 heavy (non-hydrogen) atoms. The number of halogens is 3. The number of nitrogens with zero attached hydrogens (tertiary/aromatic N) is 4. The second-order valence-electron chi connectivity index (χ2n) is 8.34. The first kappa shape index (κ1) is 22.1. The zero-order valence-corrected chi connectivity index (χ0v) is 18.8. The SMILES string of the molecule is COc1cc(C2=CC3=NOCC(c4cc(F)c(F)c(F)c4)N3CCC2)ccc1-n1cnc(C)c1. The van der Waals surface area contributed by atoms with Gasteiger partial charge in [-0.15, -0.1) is 0 Å². The van der Waals surface area contributed by atoms with Gasteiger partial charge in [0.05, 0.1) is 30.9 Å². The lowest BCUT2D eigenvalue weighted by atomic mass is 10.0. The zero-order valence-electron chi connectivity index (χ0n) is 18.8. The number of hydrogen-bond acceptors (Lipinski definition) is 5. The van der Waals surface area contributed by atoms with Crippen LogP contribution in [0.2, 0.25) is 0 Å². The van der Waals surface area contributed by atoms with Gasteiger partial charge in [0.15, 0.2) is 23.3 Å². The molecule has 0 radical (unpaired) electrons. The van der Waals surface area contributed by atoms with Crippen LogP contribution in [0.5, 0.6) is 5.75 Å². The van der Waals surface area contributed by atoms with Crippen LogP contribution in [-0.4, -0.2) is 40.5 Å². The summed E-state index contributed by atoms with van der Waals surface area (Å²) >= 11 is 0. The molecule has 2 aromatic carbocycles. The van der Waals surface area contributed by atoms with E-state index in [1.54, 1.807) is 13.4 Å². The Kier molecular flexibility index (Phi) is 5.77. The van der Waals surface area contributed by atoms with Crippen LogP contribution in [0, 0.1) is 24.4 Å². The van der Waals surface area contributed by atoms with Crippen molar-refractivity contribution in [1.29, 1.82) is 0 Å². The van der Waals surface area contributed by atoms with Crippen molar-refractivity contribution in [2.24, 2.45) is 5.16 Å². The average molecular weight is 468 g/mol. The maximum atomic E-state index is 13.9. The Hall–Kier alpha value is -3.75. The molecule has 0 saturated heterocycles. The molecular weight excluding hydrogens is 445 g/mol. The summed E-state index contributed by atoms with van der Waals surface area (Å²) < 4.78 is 48.8. The lowest BCUT2D eigenvalue weighted by Gasteiger charge is -2.35. The molecule has 1 aromatic heterocycles. The predicted octanol–water partition coefficient (Wildman–Crippen LogP) is 5.17. The number of amidine groups is 1. The molecule has 0 spiro atoms. The van der Waals surface area contributed by atoms with Gasteiger partial charge in [-0.3, -0.25) is 0 Å². The Bertz CT molecular complexity index is 1280. The molecule has 6 nitrogen and oxygen atoms in total. The first-order valence-corrected chi connectivity index (χ1v) is 11.0. The van der Waals surface area contributed by atoms with Gasteiger partial charge in [0.25, 0.3) is 0 Å². The average Bonchev–Trinajstić information content (AvgIpc) is 3.15. The van der Waals surface area contributed by atoms with E-state index in [1.807, 2.05) is 46.9 Å². The van der Waals surface area contributed by atoms with Crippen LogP contribution in [0.25, 0.3) is 11.3 Å². The topological polar surface area (TPSA) is 51.9 Å². The molecule has 1 atom stereocenters. The summed E-state index contributed by atoms with van der Waals surface area (Å²) in [6.07, 6.45) is 7.14. The minimum atomic E-state index is -1.48. The molecule has 2 aliphatic heterocycles. The standard InChI is InChI=1S/C25H23F3N4O2/c1-15-12-31(14-29-15)21-6-5-17(10-23(21)33-2)16-4-3-7-32-22(13-34-30-24(32)11-16)18-8-19(26)25(28)20(27)9-18/h5-6,8-12,14,22H,3-4,7,13H2,1-2H3. The number of aryl methyl sites for hydroxylation is 1. The molecule has 0 amide bonds. The van der Waals surface area contributed by atoms with E-state index in [9.17, 15) is 13.2 Å². The number of hydrogen-bond donors (Lipinski definition) is 0. The Balaban J connectivity index is 1.47. The summed E-state index contributed by atoms with van der Waals surface area (Å²) in [5.74, 6) is -2.65. The normalized spacial score (nSPS) is 17.9. The van der Waals surface area contributed by atoms with Crippen LogP contribution in [-0.2, 0) is 4.84 Å². The van der Waals surface area contributed by atoms with Crippen molar-refractivity contribution in [3.05, 3.63) is 83.2 Å². The number of fused-ring (bicyclic) bond motifs is 1. The zero-order chi connectivity index (χ0) is 23.8. The molecule has 1 unspecified atom stereocenters. The smallest absolute Gasteiger partial charge is 0.194 e. The third-order valence-electron chi connectivity index (χ3n) is 6.14. The van der Waals surface area contributed by atoms with Gasteiger partial charge in [0.2, 0.25) is 0 Å². The molecule has 176 valence electrons. The van der Waals surface area contributed by atoms with Gasteiger partial charge >= 0.3 is 0 Å².